The smallest absolute Gasteiger partial charge is 0.413 e. The lowest BCUT2D eigenvalue weighted by Gasteiger charge is -2.38. The number of nitrogens with one attached hydrogen (secondary N) is 1. The molecule has 2 N–H and O–H groups in total. The topological polar surface area (TPSA) is 93.4 Å². The van der Waals surface area contributed by atoms with Gasteiger partial charge < -0.3 is 9.84 Å². The number of hydrogen-bond acceptors (Lipinski definition) is 4. The number of aliphatic carboxylic acids is 1. The predicted octanol–water partition coefficient (Wildman–Crippen LogP) is 6.53. The van der Waals surface area contributed by atoms with Crippen LogP contribution in [0.4, 0.5) is 10.6 Å². The zero-order valence-corrected chi connectivity index (χ0v) is 21.4. The van der Waals surface area contributed by atoms with Crippen molar-refractivity contribution in [1.29, 1.82) is 0 Å². The van der Waals surface area contributed by atoms with Crippen LogP contribution >= 0.6 is 11.6 Å². The Labute approximate surface area is 220 Å². The van der Waals surface area contributed by atoms with Gasteiger partial charge in [0.2, 0.25) is 0 Å². The molecule has 2 atom stereocenters. The van der Waals surface area contributed by atoms with Crippen LogP contribution in [-0.2, 0) is 22.0 Å². The minimum Gasteiger partial charge on any atom is -0.481 e. The molecule has 0 spiro atoms. The second kappa shape index (κ2) is 9.56. The first kappa shape index (κ1) is 24.8. The van der Waals surface area contributed by atoms with Gasteiger partial charge in [0.1, 0.15) is 11.9 Å². The largest absolute Gasteiger partial charge is 0.481 e. The third-order valence-electron chi connectivity index (χ3n) is 7.58. The number of carbonyl (C=O) groups excluding carboxylic acids is 1. The first-order chi connectivity index (χ1) is 17.8. The van der Waals surface area contributed by atoms with Gasteiger partial charge in [-0.15, -0.1) is 0 Å². The van der Waals surface area contributed by atoms with E-state index in [0.717, 1.165) is 11.1 Å². The highest BCUT2D eigenvalue weighted by Crippen LogP contribution is 2.64. The van der Waals surface area contributed by atoms with Crippen LogP contribution in [0.25, 0.3) is 5.57 Å². The maximum absolute atomic E-state index is 13.0. The number of halogens is 1. The van der Waals surface area contributed by atoms with Crippen molar-refractivity contribution in [3.63, 3.8) is 0 Å². The normalized spacial score (nSPS) is 20.6. The van der Waals surface area contributed by atoms with E-state index >= 15 is 0 Å². The number of aromatic nitrogens is 2. The van der Waals surface area contributed by atoms with E-state index in [1.807, 2.05) is 54.6 Å². The minimum absolute atomic E-state index is 0.407. The lowest BCUT2D eigenvalue weighted by molar-refractivity contribution is -0.145. The molecule has 0 saturated heterocycles. The molecule has 2 aliphatic rings. The van der Waals surface area contributed by atoms with Gasteiger partial charge in [-0.25, -0.2) is 4.79 Å². The van der Waals surface area contributed by atoms with E-state index in [9.17, 15) is 14.7 Å². The van der Waals surface area contributed by atoms with E-state index in [-0.39, 0.29) is 0 Å². The van der Waals surface area contributed by atoms with Crippen LogP contribution in [0.5, 0.6) is 0 Å². The lowest BCUT2D eigenvalue weighted by atomic mass is 9.63. The monoisotopic (exact) mass is 517 g/mol. The van der Waals surface area contributed by atoms with E-state index in [2.05, 4.69) is 16.5 Å². The number of carboxylic acid groups (broad SMARTS) is 1. The summed E-state index contributed by atoms with van der Waals surface area (Å²) in [6.45, 7) is 1.75. The Kier molecular flexibility index (Phi) is 6.42. The van der Waals surface area contributed by atoms with Crippen molar-refractivity contribution in [3.8, 4) is 0 Å². The van der Waals surface area contributed by atoms with Gasteiger partial charge in [-0.3, -0.25) is 14.8 Å². The van der Waals surface area contributed by atoms with Crippen LogP contribution in [0.2, 0.25) is 5.02 Å². The molecule has 1 fully saturated rings. The van der Waals surface area contributed by atoms with Crippen molar-refractivity contribution in [2.45, 2.75) is 37.7 Å². The number of carbonyl (C=O) groups is 2. The molecule has 1 amide bonds. The third kappa shape index (κ3) is 4.33. The van der Waals surface area contributed by atoms with Crippen LogP contribution < -0.4 is 5.32 Å². The summed E-state index contributed by atoms with van der Waals surface area (Å²) in [7, 11) is 1.71. The van der Waals surface area contributed by atoms with Crippen LogP contribution in [0, 0.1) is 5.41 Å². The van der Waals surface area contributed by atoms with Crippen molar-refractivity contribution in [2.75, 3.05) is 5.32 Å². The maximum atomic E-state index is 13.0. The Morgan fingerprint density at radius 1 is 1.14 bits per heavy atom. The van der Waals surface area contributed by atoms with Gasteiger partial charge >= 0.3 is 12.1 Å². The molecule has 1 saturated carbocycles. The number of nitrogens with zero attached hydrogens (tertiary/aromatic N) is 2. The summed E-state index contributed by atoms with van der Waals surface area (Å²) in [5.74, 6) is -0.441. The molecule has 2 aliphatic carbocycles. The Morgan fingerprint density at radius 3 is 2.46 bits per heavy atom. The Morgan fingerprint density at radius 2 is 1.84 bits per heavy atom. The fraction of sp³-hybridized carbons (Fsp3) is 0.276. The molecule has 2 unspecified atom stereocenters. The zero-order valence-electron chi connectivity index (χ0n) is 20.6. The highest BCUT2D eigenvalue weighted by atomic mass is 35.5. The maximum Gasteiger partial charge on any atom is 0.413 e. The van der Waals surface area contributed by atoms with E-state index in [1.165, 1.54) is 0 Å². The van der Waals surface area contributed by atoms with Gasteiger partial charge in [-0.2, -0.15) is 5.10 Å². The average molecular weight is 518 g/mol. The van der Waals surface area contributed by atoms with Crippen LogP contribution in [0.1, 0.15) is 49.0 Å². The molecular formula is C29H28ClN3O4. The number of ether oxygens (including phenoxy) is 1. The molecule has 1 heterocycles. The van der Waals surface area contributed by atoms with Crippen molar-refractivity contribution >= 4 is 35.1 Å². The molecule has 0 bridgehead atoms. The second-order valence-corrected chi connectivity index (χ2v) is 10.1. The summed E-state index contributed by atoms with van der Waals surface area (Å²) in [6.07, 6.45) is 7.99. The van der Waals surface area contributed by atoms with Gasteiger partial charge in [0.05, 0.1) is 11.6 Å². The van der Waals surface area contributed by atoms with E-state index < -0.39 is 29.0 Å². The Bertz CT molecular complexity index is 1410. The Balaban J connectivity index is 1.46. The lowest BCUT2D eigenvalue weighted by Crippen LogP contribution is -2.41. The standard InChI is InChI=1S/C29H28ClN3O4/c1-19(22-10-6-7-11-24(22)30)37-27(36)32-25-23(18-31-33(25)2)28(29(16-17-29)26(34)35)14-12-21(13-15-28)20-8-4-3-5-9-20/h3-14,18-19H,15-17H2,1-2H3,(H,32,36)(H,34,35). The molecular weight excluding hydrogens is 490 g/mol. The molecule has 7 nitrogen and oxygen atoms in total. The average Bonchev–Trinajstić information content (AvgIpc) is 3.65. The molecule has 37 heavy (non-hydrogen) atoms. The molecule has 0 aliphatic heterocycles. The number of anilines is 1. The molecule has 190 valence electrons. The predicted molar refractivity (Wildman–Crippen MR) is 142 cm³/mol. The summed E-state index contributed by atoms with van der Waals surface area (Å²) < 4.78 is 7.16. The number of rotatable bonds is 7. The molecule has 3 aromatic rings. The number of allylic oxidation sites excluding steroid dienone is 4. The SMILES string of the molecule is CC(OC(=O)Nc1c(C2(C3(C(=O)O)CC3)C=CC(c3ccccc3)=CC2)cnn1C)c1ccccc1Cl. The summed E-state index contributed by atoms with van der Waals surface area (Å²) in [5.41, 5.74) is 1.59. The van der Waals surface area contributed by atoms with Crippen LogP contribution in [0.15, 0.2) is 79.0 Å². The number of aryl methyl sites for hydroxylation is 1. The summed E-state index contributed by atoms with van der Waals surface area (Å²) >= 11 is 6.26. The van der Waals surface area contributed by atoms with Gasteiger partial charge in [-0.05, 0) is 43.4 Å². The summed E-state index contributed by atoms with van der Waals surface area (Å²) in [5, 5.41) is 18.0. The first-order valence-electron chi connectivity index (χ1n) is 12.2. The Hall–Kier alpha value is -3.84. The fourth-order valence-corrected chi connectivity index (χ4v) is 5.63. The second-order valence-electron chi connectivity index (χ2n) is 9.65. The van der Waals surface area contributed by atoms with Gasteiger partial charge in [0, 0.05) is 28.6 Å². The van der Waals surface area contributed by atoms with E-state index in [1.54, 1.807) is 37.0 Å². The summed E-state index contributed by atoms with van der Waals surface area (Å²) in [6, 6.07) is 17.2. The van der Waals surface area contributed by atoms with Gasteiger partial charge in [-0.1, -0.05) is 78.4 Å². The van der Waals surface area contributed by atoms with Crippen LogP contribution in [-0.4, -0.2) is 26.9 Å². The highest BCUT2D eigenvalue weighted by Gasteiger charge is 2.65. The molecule has 8 heteroatoms. The number of hydrogen-bond donors (Lipinski definition) is 2. The van der Waals surface area contributed by atoms with Crippen molar-refractivity contribution in [2.24, 2.45) is 12.5 Å². The molecule has 0 radical (unpaired) electrons. The highest BCUT2D eigenvalue weighted by molar-refractivity contribution is 6.31. The van der Waals surface area contributed by atoms with Gasteiger partial charge in [0.15, 0.2) is 0 Å². The molecule has 5 rings (SSSR count). The third-order valence-corrected chi connectivity index (χ3v) is 7.92. The molecule has 1 aromatic heterocycles. The number of amides is 1. The first-order valence-corrected chi connectivity index (χ1v) is 12.6. The number of carboxylic acids is 1. The fourth-order valence-electron chi connectivity index (χ4n) is 5.34. The van der Waals surface area contributed by atoms with Crippen molar-refractivity contribution < 1.29 is 19.4 Å². The van der Waals surface area contributed by atoms with Crippen molar-refractivity contribution in [3.05, 3.63) is 101 Å². The number of benzene rings is 2. The van der Waals surface area contributed by atoms with Gasteiger partial charge in [0.25, 0.3) is 0 Å². The summed E-state index contributed by atoms with van der Waals surface area (Å²) in [4.78, 5) is 25.6. The van der Waals surface area contributed by atoms with Crippen LogP contribution in [0.3, 0.4) is 0 Å². The van der Waals surface area contributed by atoms with E-state index in [0.29, 0.717) is 41.2 Å². The zero-order chi connectivity index (χ0) is 26.2. The minimum atomic E-state index is -0.976. The van der Waals surface area contributed by atoms with E-state index in [4.69, 9.17) is 16.3 Å². The van der Waals surface area contributed by atoms with Crippen molar-refractivity contribution in [1.82, 2.24) is 9.78 Å². The molecule has 2 aromatic carbocycles. The quantitative estimate of drug-likeness (QED) is 0.371.